The highest BCUT2D eigenvalue weighted by Crippen LogP contribution is 2.44. The van der Waals surface area contributed by atoms with Crippen molar-refractivity contribution in [2.75, 3.05) is 20.3 Å². The molecule has 1 amide bonds. The van der Waals surface area contributed by atoms with Gasteiger partial charge in [-0.05, 0) is 85.7 Å². The molecular weight excluding hydrogens is 628 g/mol. The number of ether oxygens (including phenoxy) is 3. The van der Waals surface area contributed by atoms with Crippen LogP contribution in [0.1, 0.15) is 66.4 Å². The zero-order valence-corrected chi connectivity index (χ0v) is 27.9. The van der Waals surface area contributed by atoms with Gasteiger partial charge in [0, 0.05) is 58.9 Å². The molecule has 2 bridgehead atoms. The quantitative estimate of drug-likeness (QED) is 0.170. The van der Waals surface area contributed by atoms with Crippen LogP contribution >= 0.6 is 0 Å². The van der Waals surface area contributed by atoms with Crippen LogP contribution in [0.25, 0.3) is 44.5 Å². The molecule has 3 saturated heterocycles. The van der Waals surface area contributed by atoms with Crippen molar-refractivity contribution in [2.24, 2.45) is 0 Å². The SMILES string of the molecule is COc1cc(C(=O)N2C3CCCC2CC3)ccc1-c1c(C#N)cccc1-c1coc2c(-c3ccc(OC4CCOCC4)c(C#N)c3)ccnc12. The van der Waals surface area contributed by atoms with Crippen LogP contribution in [0.2, 0.25) is 0 Å². The minimum atomic E-state index is 0.0143. The summed E-state index contributed by atoms with van der Waals surface area (Å²) in [7, 11) is 1.59. The lowest BCUT2D eigenvalue weighted by Crippen LogP contribution is -2.43. The van der Waals surface area contributed by atoms with Crippen LogP contribution in [0.5, 0.6) is 11.5 Å². The van der Waals surface area contributed by atoms with Crippen LogP contribution in [0.4, 0.5) is 0 Å². The van der Waals surface area contributed by atoms with Crippen molar-refractivity contribution in [3.8, 4) is 57.0 Å². The number of nitriles is 2. The number of carbonyl (C=O) groups excluding carboxylic acids is 1. The van der Waals surface area contributed by atoms with Crippen molar-refractivity contribution in [3.63, 3.8) is 0 Å². The number of nitrogens with zero attached hydrogens (tertiary/aromatic N) is 4. The number of furan rings is 1. The first-order valence-corrected chi connectivity index (χ1v) is 17.3. The number of fused-ring (bicyclic) bond motifs is 3. The maximum absolute atomic E-state index is 13.8. The van der Waals surface area contributed by atoms with Crippen LogP contribution in [0, 0.1) is 22.7 Å². The van der Waals surface area contributed by atoms with Gasteiger partial charge in [-0.3, -0.25) is 9.78 Å². The predicted octanol–water partition coefficient (Wildman–Crippen LogP) is 8.30. The maximum Gasteiger partial charge on any atom is 0.254 e. The number of hydrogen-bond donors (Lipinski definition) is 0. The van der Waals surface area contributed by atoms with Crippen molar-refractivity contribution in [1.82, 2.24) is 9.88 Å². The lowest BCUT2D eigenvalue weighted by Gasteiger charge is -2.35. The Morgan fingerprint density at radius 3 is 2.40 bits per heavy atom. The molecular formula is C41H36N4O5. The molecule has 3 fully saturated rings. The number of benzene rings is 3. The van der Waals surface area contributed by atoms with E-state index in [2.05, 4.69) is 17.0 Å². The van der Waals surface area contributed by atoms with Crippen LogP contribution in [0.15, 0.2) is 77.5 Å². The van der Waals surface area contributed by atoms with Crippen LogP contribution in [-0.2, 0) is 4.74 Å². The van der Waals surface area contributed by atoms with Crippen LogP contribution in [0.3, 0.4) is 0 Å². The Labute approximate surface area is 290 Å². The van der Waals surface area contributed by atoms with Gasteiger partial charge in [0.2, 0.25) is 0 Å². The molecule has 8 rings (SSSR count). The lowest BCUT2D eigenvalue weighted by atomic mass is 9.90. The molecule has 2 atom stereocenters. The summed E-state index contributed by atoms with van der Waals surface area (Å²) in [5.74, 6) is 1.10. The van der Waals surface area contributed by atoms with Crippen LogP contribution in [-0.4, -0.2) is 54.3 Å². The molecule has 0 radical (unpaired) electrons. The summed E-state index contributed by atoms with van der Waals surface area (Å²) >= 11 is 0. The van der Waals surface area contributed by atoms with Crippen molar-refractivity contribution in [2.45, 2.75) is 63.1 Å². The zero-order valence-electron chi connectivity index (χ0n) is 27.9. The number of hydrogen-bond acceptors (Lipinski definition) is 8. The van der Waals surface area contributed by atoms with Crippen molar-refractivity contribution < 1.29 is 23.4 Å². The van der Waals surface area contributed by atoms with E-state index in [-0.39, 0.29) is 12.0 Å². The number of amides is 1. The fourth-order valence-electron chi connectivity index (χ4n) is 8.00. The molecule has 5 heterocycles. The monoisotopic (exact) mass is 664 g/mol. The lowest BCUT2D eigenvalue weighted by molar-refractivity contribution is 0.0254. The molecule has 50 heavy (non-hydrogen) atoms. The van der Waals surface area contributed by atoms with Crippen LogP contribution < -0.4 is 9.47 Å². The topological polar surface area (TPSA) is 122 Å². The van der Waals surface area contributed by atoms with Gasteiger partial charge >= 0.3 is 0 Å². The fraction of sp³-hybridized carbons (Fsp3) is 0.317. The molecule has 250 valence electrons. The Morgan fingerprint density at radius 2 is 1.64 bits per heavy atom. The van der Waals surface area contributed by atoms with Gasteiger partial charge < -0.3 is 23.5 Å². The Kier molecular flexibility index (Phi) is 8.44. The second-order valence-corrected chi connectivity index (χ2v) is 13.2. The third kappa shape index (κ3) is 5.54. The van der Waals surface area contributed by atoms with Gasteiger partial charge in [0.25, 0.3) is 5.91 Å². The molecule has 3 aliphatic rings. The summed E-state index contributed by atoms with van der Waals surface area (Å²) in [6.07, 6.45) is 10.4. The summed E-state index contributed by atoms with van der Waals surface area (Å²) in [6.45, 7) is 1.30. The normalized spacial score (nSPS) is 18.8. The van der Waals surface area contributed by atoms with Gasteiger partial charge in [0.1, 0.15) is 35.5 Å². The van der Waals surface area contributed by atoms with E-state index in [1.54, 1.807) is 31.7 Å². The smallest absolute Gasteiger partial charge is 0.254 e. The first-order chi connectivity index (χ1) is 24.6. The standard InChI is InChI=1S/C41H36N4O5/c1-47-37-21-26(41(46)45-29-5-3-6-30(45)11-10-29)8-12-34(37)38-27(22-42)4-2-7-33(38)35-24-49-40-32(14-17-44-39(35)40)25-9-13-36(28(20-25)23-43)50-31-15-18-48-19-16-31/h2,4,7-9,12-14,17,20-21,24,29-31H,3,5-6,10-11,15-16,18-19H2,1H3. The minimum Gasteiger partial charge on any atom is -0.496 e. The maximum atomic E-state index is 13.8. The average Bonchev–Trinajstić information content (AvgIpc) is 3.71. The largest absolute Gasteiger partial charge is 0.496 e. The third-order valence-corrected chi connectivity index (χ3v) is 10.4. The highest BCUT2D eigenvalue weighted by Gasteiger charge is 2.40. The Hall–Kier alpha value is -5.64. The number of rotatable bonds is 7. The van der Waals surface area contributed by atoms with Gasteiger partial charge in [-0.1, -0.05) is 18.2 Å². The molecule has 5 aromatic rings. The first-order valence-electron chi connectivity index (χ1n) is 17.3. The van der Waals surface area contributed by atoms with E-state index in [1.807, 2.05) is 48.5 Å². The number of carbonyl (C=O) groups is 1. The summed E-state index contributed by atoms with van der Waals surface area (Å²) in [4.78, 5) is 20.6. The highest BCUT2D eigenvalue weighted by atomic mass is 16.5. The van der Waals surface area contributed by atoms with Gasteiger partial charge in [0.05, 0.1) is 37.5 Å². The van der Waals surface area contributed by atoms with E-state index in [0.29, 0.717) is 81.3 Å². The number of aromatic nitrogens is 1. The van der Waals surface area contributed by atoms with Crippen molar-refractivity contribution in [1.29, 1.82) is 10.5 Å². The van der Waals surface area contributed by atoms with Gasteiger partial charge in [-0.2, -0.15) is 10.5 Å². The first kappa shape index (κ1) is 31.6. The highest BCUT2D eigenvalue weighted by molar-refractivity contribution is 6.03. The number of piperidine rings is 1. The Bertz CT molecular complexity index is 2170. The molecule has 3 aliphatic heterocycles. The van der Waals surface area contributed by atoms with E-state index in [1.165, 1.54) is 6.42 Å². The number of methoxy groups -OCH3 is 1. The molecule has 2 unspecified atom stereocenters. The second kappa shape index (κ2) is 13.3. The zero-order chi connectivity index (χ0) is 34.2. The Morgan fingerprint density at radius 1 is 0.840 bits per heavy atom. The second-order valence-electron chi connectivity index (χ2n) is 13.2. The van der Waals surface area contributed by atoms with E-state index in [9.17, 15) is 15.3 Å². The summed E-state index contributed by atoms with van der Waals surface area (Å²) in [5.41, 5.74) is 7.05. The molecule has 0 saturated carbocycles. The molecule has 9 heteroatoms. The number of pyridine rings is 1. The molecule has 0 spiro atoms. The molecule has 3 aromatic carbocycles. The van der Waals surface area contributed by atoms with E-state index < -0.39 is 0 Å². The predicted molar refractivity (Wildman–Crippen MR) is 188 cm³/mol. The van der Waals surface area contributed by atoms with E-state index >= 15 is 0 Å². The molecule has 0 N–H and O–H groups in total. The minimum absolute atomic E-state index is 0.0143. The third-order valence-electron chi connectivity index (χ3n) is 10.4. The molecule has 0 aliphatic carbocycles. The van der Waals surface area contributed by atoms with Gasteiger partial charge in [-0.15, -0.1) is 0 Å². The fourth-order valence-corrected chi connectivity index (χ4v) is 8.00. The van der Waals surface area contributed by atoms with Crippen molar-refractivity contribution >= 4 is 17.0 Å². The van der Waals surface area contributed by atoms with E-state index in [0.717, 1.165) is 55.2 Å². The summed E-state index contributed by atoms with van der Waals surface area (Å²) in [5, 5.41) is 20.3. The van der Waals surface area contributed by atoms with Gasteiger partial charge in [-0.25, -0.2) is 0 Å². The summed E-state index contributed by atoms with van der Waals surface area (Å²) in [6, 6.07) is 23.8. The van der Waals surface area contributed by atoms with Gasteiger partial charge in [0.15, 0.2) is 5.58 Å². The average molecular weight is 665 g/mol. The van der Waals surface area contributed by atoms with E-state index in [4.69, 9.17) is 23.6 Å². The van der Waals surface area contributed by atoms with Crippen molar-refractivity contribution in [3.05, 3.63) is 89.8 Å². The summed E-state index contributed by atoms with van der Waals surface area (Å²) < 4.78 is 23.8. The molecule has 2 aromatic heterocycles. The Balaban J connectivity index is 1.17. The molecule has 9 nitrogen and oxygen atoms in total.